The summed E-state index contributed by atoms with van der Waals surface area (Å²) in [6, 6.07) is 48.8. The van der Waals surface area contributed by atoms with E-state index in [1.807, 2.05) is 18.2 Å². The Bertz CT molecular complexity index is 2660. The quantitative estimate of drug-likeness (QED) is 0.216. The number of benzene rings is 6. The average molecular weight is 562 g/mol. The fraction of sp³-hybridized carbons (Fsp3) is 0. The van der Waals surface area contributed by atoms with Crippen LogP contribution in [0.2, 0.25) is 0 Å². The monoisotopic (exact) mass is 561 g/mol. The number of para-hydroxylation sites is 4. The minimum absolute atomic E-state index is 0.602. The number of hydrogen-bond acceptors (Lipinski definition) is 3. The highest BCUT2D eigenvalue weighted by atomic mass is 15.2. The van der Waals surface area contributed by atoms with E-state index in [-0.39, 0.29) is 0 Å². The Hall–Kier alpha value is -6.07. The molecule has 5 nitrogen and oxygen atoms in total. The molecule has 0 N–H and O–H groups in total. The number of fused-ring (bicyclic) bond motifs is 9. The van der Waals surface area contributed by atoms with Crippen molar-refractivity contribution in [3.63, 3.8) is 0 Å². The minimum Gasteiger partial charge on any atom is -0.308 e. The van der Waals surface area contributed by atoms with Gasteiger partial charge < -0.3 is 4.40 Å². The van der Waals surface area contributed by atoms with Crippen LogP contribution < -0.4 is 0 Å². The summed E-state index contributed by atoms with van der Waals surface area (Å²) in [6.07, 6.45) is 0. The fourth-order valence-corrected chi connectivity index (χ4v) is 7.09. The SMILES string of the molecule is c1ccc(-c2nc(-c3ccc4c5ccccc5n5c6ccccc6c3c45)nc(-n3c4ccccc4c4ccccc43)n2)cc1. The van der Waals surface area contributed by atoms with Crippen LogP contribution in [0.3, 0.4) is 0 Å². The molecule has 0 unspecified atom stereocenters. The molecule has 0 radical (unpaired) electrons. The Morgan fingerprint density at radius 2 is 0.909 bits per heavy atom. The zero-order chi connectivity index (χ0) is 28.8. The van der Waals surface area contributed by atoms with Crippen LogP contribution in [-0.2, 0) is 0 Å². The predicted octanol–water partition coefficient (Wildman–Crippen LogP) is 9.45. The van der Waals surface area contributed by atoms with Crippen LogP contribution in [-0.4, -0.2) is 23.9 Å². The highest BCUT2D eigenvalue weighted by Crippen LogP contribution is 2.43. The molecule has 0 aliphatic carbocycles. The van der Waals surface area contributed by atoms with E-state index in [1.165, 1.54) is 43.5 Å². The first-order valence-corrected chi connectivity index (χ1v) is 14.8. The zero-order valence-corrected chi connectivity index (χ0v) is 23.5. The molecule has 10 rings (SSSR count). The fourth-order valence-electron chi connectivity index (χ4n) is 7.09. The van der Waals surface area contributed by atoms with E-state index in [1.54, 1.807) is 0 Å². The normalized spacial score (nSPS) is 12.1. The molecule has 4 heterocycles. The first kappa shape index (κ1) is 23.5. The molecule has 0 saturated carbocycles. The van der Waals surface area contributed by atoms with Gasteiger partial charge in [0.1, 0.15) is 0 Å². The second kappa shape index (κ2) is 8.72. The molecule has 0 bridgehead atoms. The van der Waals surface area contributed by atoms with Crippen LogP contribution in [0.15, 0.2) is 140 Å². The van der Waals surface area contributed by atoms with Gasteiger partial charge in [-0.1, -0.05) is 109 Å². The van der Waals surface area contributed by atoms with E-state index in [2.05, 4.69) is 130 Å². The standard InChI is InChI=1S/C39H23N5/c1-2-12-24(13-3-1)37-40-38(42-39(41-37)44-32-19-9-4-14-25(32)26-15-5-10-20-33(26)44)30-23-22-28-27-16-6-8-18-31(27)43-34-21-11-7-17-29(34)35(30)36(28)43/h1-23H. The highest BCUT2D eigenvalue weighted by Gasteiger charge is 2.23. The molecule has 204 valence electrons. The van der Waals surface area contributed by atoms with E-state index >= 15 is 0 Å². The van der Waals surface area contributed by atoms with Crippen molar-refractivity contribution in [3.05, 3.63) is 140 Å². The Kier molecular flexibility index (Phi) is 4.66. The van der Waals surface area contributed by atoms with Crippen molar-refractivity contribution in [3.8, 4) is 28.7 Å². The van der Waals surface area contributed by atoms with Crippen molar-refractivity contribution in [1.82, 2.24) is 23.9 Å². The molecule has 0 fully saturated rings. The van der Waals surface area contributed by atoms with Gasteiger partial charge in [-0.3, -0.25) is 4.57 Å². The predicted molar refractivity (Wildman–Crippen MR) is 180 cm³/mol. The van der Waals surface area contributed by atoms with Gasteiger partial charge in [0.15, 0.2) is 11.6 Å². The molecule has 44 heavy (non-hydrogen) atoms. The smallest absolute Gasteiger partial charge is 0.238 e. The zero-order valence-electron chi connectivity index (χ0n) is 23.5. The van der Waals surface area contributed by atoms with E-state index < -0.39 is 0 Å². The maximum atomic E-state index is 5.27. The van der Waals surface area contributed by atoms with E-state index in [9.17, 15) is 0 Å². The van der Waals surface area contributed by atoms with Gasteiger partial charge in [-0.15, -0.1) is 0 Å². The maximum absolute atomic E-state index is 5.27. The van der Waals surface area contributed by atoms with Crippen molar-refractivity contribution in [1.29, 1.82) is 0 Å². The summed E-state index contributed by atoms with van der Waals surface area (Å²) >= 11 is 0. The second-order valence-corrected chi connectivity index (χ2v) is 11.3. The third kappa shape index (κ3) is 3.10. The Balaban J connectivity index is 1.35. The van der Waals surface area contributed by atoms with Crippen LogP contribution in [0.1, 0.15) is 0 Å². The number of rotatable bonds is 3. The Morgan fingerprint density at radius 3 is 1.59 bits per heavy atom. The van der Waals surface area contributed by atoms with Crippen molar-refractivity contribution < 1.29 is 0 Å². The molecule has 0 atom stereocenters. The van der Waals surface area contributed by atoms with Gasteiger partial charge in [-0.2, -0.15) is 9.97 Å². The molecule has 0 spiro atoms. The molecule has 0 aliphatic heterocycles. The highest BCUT2D eigenvalue weighted by molar-refractivity contribution is 6.26. The van der Waals surface area contributed by atoms with Gasteiger partial charge in [0.2, 0.25) is 5.95 Å². The average Bonchev–Trinajstić information content (AvgIpc) is 3.74. The van der Waals surface area contributed by atoms with Crippen LogP contribution in [0, 0.1) is 0 Å². The third-order valence-electron chi connectivity index (χ3n) is 8.93. The molecule has 0 aliphatic rings. The van der Waals surface area contributed by atoms with Crippen molar-refractivity contribution >= 4 is 59.9 Å². The molecule has 0 saturated heterocycles. The van der Waals surface area contributed by atoms with Crippen molar-refractivity contribution in [2.24, 2.45) is 0 Å². The molecule has 0 amide bonds. The van der Waals surface area contributed by atoms with Gasteiger partial charge in [-0.25, -0.2) is 4.98 Å². The molecule has 4 aromatic heterocycles. The lowest BCUT2D eigenvalue weighted by atomic mass is 10.0. The summed E-state index contributed by atoms with van der Waals surface area (Å²) < 4.78 is 4.57. The second-order valence-electron chi connectivity index (χ2n) is 11.3. The van der Waals surface area contributed by atoms with Gasteiger partial charge >= 0.3 is 0 Å². The van der Waals surface area contributed by atoms with Crippen molar-refractivity contribution in [2.75, 3.05) is 0 Å². The van der Waals surface area contributed by atoms with Crippen LogP contribution in [0.5, 0.6) is 0 Å². The van der Waals surface area contributed by atoms with Gasteiger partial charge in [0.25, 0.3) is 0 Å². The number of hydrogen-bond donors (Lipinski definition) is 0. The summed E-state index contributed by atoms with van der Waals surface area (Å²) in [6.45, 7) is 0. The molecular weight excluding hydrogens is 538 g/mol. The first-order chi connectivity index (χ1) is 21.8. The lowest BCUT2D eigenvalue weighted by Gasteiger charge is -2.11. The molecule has 10 aromatic rings. The van der Waals surface area contributed by atoms with Gasteiger partial charge in [-0.05, 0) is 30.3 Å². The van der Waals surface area contributed by atoms with Crippen molar-refractivity contribution in [2.45, 2.75) is 0 Å². The summed E-state index contributed by atoms with van der Waals surface area (Å²) in [4.78, 5) is 15.6. The lowest BCUT2D eigenvalue weighted by molar-refractivity contribution is 0.954. The third-order valence-corrected chi connectivity index (χ3v) is 8.93. The van der Waals surface area contributed by atoms with E-state index in [0.29, 0.717) is 17.6 Å². The number of aromatic nitrogens is 5. The van der Waals surface area contributed by atoms with E-state index in [0.717, 1.165) is 27.5 Å². The Labute approximate surface area is 251 Å². The van der Waals surface area contributed by atoms with Crippen LogP contribution >= 0.6 is 0 Å². The topological polar surface area (TPSA) is 48.0 Å². The molecular formula is C39H23N5. The lowest BCUT2D eigenvalue weighted by Crippen LogP contribution is -2.06. The molecule has 5 heteroatoms. The maximum Gasteiger partial charge on any atom is 0.238 e. The summed E-state index contributed by atoms with van der Waals surface area (Å²) in [7, 11) is 0. The van der Waals surface area contributed by atoms with Crippen LogP contribution in [0.25, 0.3) is 88.6 Å². The minimum atomic E-state index is 0.602. The van der Waals surface area contributed by atoms with E-state index in [4.69, 9.17) is 15.0 Å². The molecule has 6 aromatic carbocycles. The summed E-state index contributed by atoms with van der Waals surface area (Å²) in [5.41, 5.74) is 7.66. The first-order valence-electron chi connectivity index (χ1n) is 14.8. The Morgan fingerprint density at radius 1 is 0.386 bits per heavy atom. The largest absolute Gasteiger partial charge is 0.308 e. The van der Waals surface area contributed by atoms with Crippen LogP contribution in [0.4, 0.5) is 0 Å². The summed E-state index contributed by atoms with van der Waals surface area (Å²) in [5, 5.41) is 7.17. The van der Waals surface area contributed by atoms with Gasteiger partial charge in [0.05, 0.1) is 27.6 Å². The summed E-state index contributed by atoms with van der Waals surface area (Å²) in [5.74, 6) is 1.90. The van der Waals surface area contributed by atoms with Gasteiger partial charge in [0, 0.05) is 43.4 Å². The number of nitrogens with zero attached hydrogens (tertiary/aromatic N) is 5.